The summed E-state index contributed by atoms with van der Waals surface area (Å²) in [6, 6.07) is 2.52. The van der Waals surface area contributed by atoms with Gasteiger partial charge in [0.15, 0.2) is 0 Å². The third-order valence-electron chi connectivity index (χ3n) is 4.85. The number of pyridine rings is 1. The summed E-state index contributed by atoms with van der Waals surface area (Å²) in [4.78, 5) is 57.1. The van der Waals surface area contributed by atoms with Gasteiger partial charge in [0.1, 0.15) is 17.1 Å². The lowest BCUT2D eigenvalue weighted by Crippen LogP contribution is -2.41. The molecule has 34 heavy (non-hydrogen) atoms. The Morgan fingerprint density at radius 1 is 0.971 bits per heavy atom. The second-order valence-electron chi connectivity index (χ2n) is 6.37. The topological polar surface area (TPSA) is 143 Å². The van der Waals surface area contributed by atoms with E-state index in [1.807, 2.05) is 13.8 Å². The van der Waals surface area contributed by atoms with E-state index in [4.69, 9.17) is 18.9 Å². The minimum Gasteiger partial charge on any atom is -0.465 e. The summed E-state index contributed by atoms with van der Waals surface area (Å²) in [6.45, 7) is 10.2. The van der Waals surface area contributed by atoms with Crippen LogP contribution in [0.15, 0.2) is 25.3 Å². The molecule has 0 saturated carbocycles. The predicted octanol–water partition coefficient (Wildman–Crippen LogP) is 2.66. The Labute approximate surface area is 196 Å². The summed E-state index contributed by atoms with van der Waals surface area (Å²) < 4.78 is 25.5. The number of carbonyl (C=O) groups is 4. The molecule has 11 heteroatoms. The summed E-state index contributed by atoms with van der Waals surface area (Å²) in [5.74, 6) is -4.99. The second kappa shape index (κ2) is 10.9. The molecule has 2 aromatic rings. The van der Waals surface area contributed by atoms with E-state index in [9.17, 15) is 19.2 Å². The molecule has 0 bridgehead atoms. The van der Waals surface area contributed by atoms with Crippen molar-refractivity contribution in [2.45, 2.75) is 19.6 Å². The normalized spacial score (nSPS) is 14.4. The first-order chi connectivity index (χ1) is 16.4. The van der Waals surface area contributed by atoms with Crippen LogP contribution >= 0.6 is 0 Å². The number of aromatic amines is 1. The third kappa shape index (κ3) is 4.11. The van der Waals surface area contributed by atoms with Gasteiger partial charge in [-0.15, -0.1) is 13.2 Å². The number of rotatable bonds is 3. The number of nitrogens with zero attached hydrogens (tertiary/aromatic N) is 1. The zero-order valence-corrected chi connectivity index (χ0v) is 19.6. The van der Waals surface area contributed by atoms with Crippen LogP contribution in [0.3, 0.4) is 0 Å². The van der Waals surface area contributed by atoms with E-state index in [0.717, 1.165) is 20.3 Å². The highest BCUT2D eigenvalue weighted by Gasteiger charge is 2.54. The number of hydrogen-bond acceptors (Lipinski definition) is 10. The molecule has 2 aromatic heterocycles. The first kappa shape index (κ1) is 26.4. The van der Waals surface area contributed by atoms with E-state index >= 15 is 0 Å². The molecule has 0 aromatic carbocycles. The van der Waals surface area contributed by atoms with Crippen LogP contribution in [0, 0.1) is 0 Å². The van der Waals surface area contributed by atoms with Crippen molar-refractivity contribution in [2.75, 3.05) is 34.5 Å². The van der Waals surface area contributed by atoms with Gasteiger partial charge in [-0.05, 0) is 12.1 Å². The monoisotopic (exact) mass is 474 g/mol. The van der Waals surface area contributed by atoms with Crippen molar-refractivity contribution in [3.8, 4) is 11.3 Å². The van der Waals surface area contributed by atoms with Crippen LogP contribution in [0.4, 0.5) is 0 Å². The van der Waals surface area contributed by atoms with E-state index in [1.165, 1.54) is 13.2 Å². The van der Waals surface area contributed by atoms with Gasteiger partial charge >= 0.3 is 17.9 Å². The molecule has 1 N–H and O–H groups in total. The van der Waals surface area contributed by atoms with Crippen LogP contribution in [-0.2, 0) is 29.5 Å². The zero-order chi connectivity index (χ0) is 25.6. The Morgan fingerprint density at radius 2 is 1.53 bits per heavy atom. The van der Waals surface area contributed by atoms with Gasteiger partial charge in [-0.1, -0.05) is 13.8 Å². The van der Waals surface area contributed by atoms with E-state index in [0.29, 0.717) is 0 Å². The molecule has 1 saturated heterocycles. The predicted molar refractivity (Wildman–Crippen MR) is 119 cm³/mol. The lowest BCUT2D eigenvalue weighted by Gasteiger charge is -2.31. The minimum atomic E-state index is -1.87. The minimum absolute atomic E-state index is 0.00878. The molecule has 182 valence electrons. The van der Waals surface area contributed by atoms with Crippen molar-refractivity contribution < 1.29 is 42.9 Å². The molecule has 0 unspecified atom stereocenters. The van der Waals surface area contributed by atoms with Gasteiger partial charge in [0.05, 0.1) is 45.8 Å². The first-order valence-electron chi connectivity index (χ1n) is 10.2. The van der Waals surface area contributed by atoms with E-state index in [1.54, 1.807) is 0 Å². The first-order valence-corrected chi connectivity index (χ1v) is 10.2. The zero-order valence-electron chi connectivity index (χ0n) is 19.6. The number of esters is 3. The highest BCUT2D eigenvalue weighted by Crippen LogP contribution is 2.47. The molecule has 1 aliphatic carbocycles. The number of aromatic nitrogens is 2. The molecular formula is C23H26N2O9. The fraction of sp³-hybridized carbons (Fsp3) is 0.348. The Balaban J connectivity index is 0.000000970. The van der Waals surface area contributed by atoms with Gasteiger partial charge in [-0.2, -0.15) is 0 Å². The fourth-order valence-electron chi connectivity index (χ4n) is 3.55. The number of H-pyrrole nitrogens is 1. The van der Waals surface area contributed by atoms with Crippen LogP contribution in [0.1, 0.15) is 61.2 Å². The van der Waals surface area contributed by atoms with Crippen LogP contribution in [0.2, 0.25) is 0 Å². The Kier molecular flexibility index (Phi) is 8.44. The largest absolute Gasteiger partial charge is 0.465 e. The SMILES string of the molecule is C=C.CC.COC(=O)c1cc(C(=O)OC)c2c(n1)C(=O)C1(OCCO1)c1cc(C(=O)OC)[nH]c1-2. The van der Waals surface area contributed by atoms with Crippen molar-refractivity contribution in [1.29, 1.82) is 0 Å². The number of methoxy groups -OCH3 is 3. The van der Waals surface area contributed by atoms with E-state index < -0.39 is 29.5 Å². The van der Waals surface area contributed by atoms with Crippen LogP contribution in [0.5, 0.6) is 0 Å². The maximum Gasteiger partial charge on any atom is 0.356 e. The number of ether oxygens (including phenoxy) is 5. The number of hydrogen-bond donors (Lipinski definition) is 1. The lowest BCUT2D eigenvalue weighted by molar-refractivity contribution is -0.126. The van der Waals surface area contributed by atoms with Crippen molar-refractivity contribution in [2.24, 2.45) is 0 Å². The van der Waals surface area contributed by atoms with E-state index in [2.05, 4.69) is 27.9 Å². The van der Waals surface area contributed by atoms with Gasteiger partial charge < -0.3 is 28.7 Å². The number of carbonyl (C=O) groups excluding carboxylic acids is 4. The van der Waals surface area contributed by atoms with Crippen molar-refractivity contribution in [3.05, 3.63) is 53.5 Å². The van der Waals surface area contributed by atoms with Gasteiger partial charge in [0, 0.05) is 11.1 Å². The molecule has 2 aliphatic rings. The quantitative estimate of drug-likeness (QED) is 0.400. The Hall–Kier alpha value is -3.83. The van der Waals surface area contributed by atoms with Gasteiger partial charge in [0.2, 0.25) is 5.78 Å². The van der Waals surface area contributed by atoms with Crippen LogP contribution in [0.25, 0.3) is 11.3 Å². The standard InChI is InChI=1S/C19H16N2O9.C2H6.C2H4/c1-26-16(23)8-6-10(17(24)27-2)21-14-12(8)13-9(7-11(20-13)18(25)28-3)19(15(14)22)29-4-5-30-19;2*1-2/h6-7,20H,4-5H2,1-3H3;1-2H3;1-2H2. The Bertz CT molecular complexity index is 1110. The van der Waals surface area contributed by atoms with Crippen molar-refractivity contribution in [1.82, 2.24) is 9.97 Å². The molecular weight excluding hydrogens is 448 g/mol. The van der Waals surface area contributed by atoms with Crippen molar-refractivity contribution in [3.63, 3.8) is 0 Å². The summed E-state index contributed by atoms with van der Waals surface area (Å²) in [6.07, 6.45) is 0. The highest BCUT2D eigenvalue weighted by molar-refractivity contribution is 6.15. The summed E-state index contributed by atoms with van der Waals surface area (Å²) >= 11 is 0. The number of fused-ring (bicyclic) bond motifs is 4. The number of Topliss-reactive ketones (excluding diaryl/α,β-unsaturated/α-hetero) is 1. The summed E-state index contributed by atoms with van der Waals surface area (Å²) in [5, 5.41) is 0. The molecule has 0 atom stereocenters. The number of nitrogens with one attached hydrogen (secondary N) is 1. The smallest absolute Gasteiger partial charge is 0.356 e. The summed E-state index contributed by atoms with van der Waals surface area (Å²) in [5.41, 5.74) is -0.216. The summed E-state index contributed by atoms with van der Waals surface area (Å²) in [7, 11) is 3.49. The fourth-order valence-corrected chi connectivity index (χ4v) is 3.55. The molecule has 3 heterocycles. The molecule has 11 nitrogen and oxygen atoms in total. The second-order valence-corrected chi connectivity index (χ2v) is 6.37. The number of ketones is 1. The lowest BCUT2D eigenvalue weighted by atomic mass is 9.85. The average molecular weight is 474 g/mol. The molecule has 1 fully saturated rings. The third-order valence-corrected chi connectivity index (χ3v) is 4.85. The molecule has 1 aliphatic heterocycles. The van der Waals surface area contributed by atoms with Gasteiger partial charge in [-0.3, -0.25) is 4.79 Å². The molecule has 0 amide bonds. The molecule has 0 radical (unpaired) electrons. The van der Waals surface area contributed by atoms with Gasteiger partial charge in [0.25, 0.3) is 5.79 Å². The average Bonchev–Trinajstić information content (AvgIpc) is 3.56. The highest BCUT2D eigenvalue weighted by atomic mass is 16.7. The Morgan fingerprint density at radius 3 is 2.06 bits per heavy atom. The van der Waals surface area contributed by atoms with Crippen molar-refractivity contribution >= 4 is 23.7 Å². The maximum absolute atomic E-state index is 13.4. The molecule has 4 rings (SSSR count). The van der Waals surface area contributed by atoms with E-state index in [-0.39, 0.29) is 52.7 Å². The molecule has 1 spiro atoms. The van der Waals surface area contributed by atoms with Crippen LogP contribution in [-0.4, -0.2) is 68.2 Å². The van der Waals surface area contributed by atoms with Crippen LogP contribution < -0.4 is 0 Å². The van der Waals surface area contributed by atoms with Gasteiger partial charge in [-0.25, -0.2) is 19.4 Å². The maximum atomic E-state index is 13.4.